The highest BCUT2D eigenvalue weighted by Crippen LogP contribution is 2.27. The zero-order valence-corrected chi connectivity index (χ0v) is 13.5. The number of halogens is 1. The lowest BCUT2D eigenvalue weighted by Crippen LogP contribution is -2.46. The third-order valence-electron chi connectivity index (χ3n) is 3.27. The van der Waals surface area contributed by atoms with Gasteiger partial charge < -0.3 is 16.0 Å². The topological polar surface area (TPSA) is 96.0 Å². The molecule has 3 N–H and O–H groups in total. The van der Waals surface area contributed by atoms with Crippen molar-refractivity contribution in [3.05, 3.63) is 51.6 Å². The second-order valence-electron chi connectivity index (χ2n) is 4.86. The molecule has 0 aliphatic carbocycles. The fourth-order valence-electron chi connectivity index (χ4n) is 2.28. The fraction of sp³-hybridized carbons (Fsp3) is 0.143. The van der Waals surface area contributed by atoms with Crippen LogP contribution in [0.5, 0.6) is 0 Å². The van der Waals surface area contributed by atoms with E-state index < -0.39 is 6.04 Å². The highest BCUT2D eigenvalue weighted by molar-refractivity contribution is 7.03. The maximum Gasteiger partial charge on any atom is 0.319 e. The smallest absolute Gasteiger partial charge is 0.319 e. The lowest BCUT2D eigenvalue weighted by Gasteiger charge is -2.26. The van der Waals surface area contributed by atoms with Crippen LogP contribution in [0, 0.1) is 0 Å². The number of hydrogen-bond donors (Lipinski definition) is 3. The first kappa shape index (κ1) is 15.4. The van der Waals surface area contributed by atoms with Gasteiger partial charge in [-0.2, -0.15) is 0 Å². The fourth-order valence-corrected chi connectivity index (χ4v) is 2.95. The van der Waals surface area contributed by atoms with Crippen LogP contribution in [0.25, 0.3) is 0 Å². The van der Waals surface area contributed by atoms with Crippen LogP contribution in [0.3, 0.4) is 0 Å². The van der Waals surface area contributed by atoms with E-state index >= 15 is 0 Å². The molecule has 1 aliphatic rings. The van der Waals surface area contributed by atoms with Gasteiger partial charge in [-0.3, -0.25) is 4.79 Å². The molecule has 2 heterocycles. The minimum absolute atomic E-state index is 0.352. The number of carbonyl (C=O) groups is 2. The van der Waals surface area contributed by atoms with Gasteiger partial charge in [0.1, 0.15) is 11.7 Å². The number of aromatic nitrogens is 2. The molecule has 0 fully saturated rings. The molecule has 0 radical (unpaired) electrons. The maximum atomic E-state index is 12.7. The Morgan fingerprint density at radius 2 is 2.26 bits per heavy atom. The first-order valence-electron chi connectivity index (χ1n) is 6.67. The van der Waals surface area contributed by atoms with Crippen molar-refractivity contribution in [2.75, 3.05) is 5.32 Å². The average Bonchev–Trinajstić information content (AvgIpc) is 3.00. The molecule has 0 saturated heterocycles. The average molecular weight is 350 g/mol. The van der Waals surface area contributed by atoms with Crippen LogP contribution in [0.2, 0.25) is 5.02 Å². The monoisotopic (exact) mass is 349 g/mol. The molecule has 1 unspecified atom stereocenters. The van der Waals surface area contributed by atoms with Crippen LogP contribution >= 0.6 is 23.1 Å². The van der Waals surface area contributed by atoms with E-state index in [1.165, 1.54) is 0 Å². The predicted octanol–water partition coefficient (Wildman–Crippen LogP) is 2.46. The van der Waals surface area contributed by atoms with E-state index in [2.05, 4.69) is 25.5 Å². The van der Waals surface area contributed by atoms with Crippen LogP contribution < -0.4 is 16.0 Å². The SMILES string of the molecule is CC1=C(C(=O)Nc2cccc(Cl)c2)C(c2csnn2)NC(=O)N1. The molecule has 2 aromatic rings. The number of allylic oxidation sites excluding steroid dienone is 1. The number of benzene rings is 1. The molecule has 7 nitrogen and oxygen atoms in total. The minimum atomic E-state index is -0.651. The second-order valence-corrected chi connectivity index (χ2v) is 5.91. The molecule has 9 heteroatoms. The lowest BCUT2D eigenvalue weighted by atomic mass is 10.00. The Hall–Kier alpha value is -2.45. The number of carbonyl (C=O) groups excluding carboxylic acids is 2. The summed E-state index contributed by atoms with van der Waals surface area (Å²) in [5.41, 5.74) is 1.92. The number of nitrogens with zero attached hydrogens (tertiary/aromatic N) is 2. The van der Waals surface area contributed by atoms with Crippen LogP contribution in [-0.2, 0) is 4.79 Å². The summed E-state index contributed by atoms with van der Waals surface area (Å²) in [6.45, 7) is 1.67. The number of urea groups is 1. The molecule has 1 aromatic carbocycles. The van der Waals surface area contributed by atoms with Gasteiger partial charge >= 0.3 is 6.03 Å². The highest BCUT2D eigenvalue weighted by atomic mass is 35.5. The van der Waals surface area contributed by atoms with E-state index in [1.54, 1.807) is 36.6 Å². The Labute approximate surface area is 140 Å². The molecular formula is C14H12ClN5O2S. The summed E-state index contributed by atoms with van der Waals surface area (Å²) in [5.74, 6) is -0.352. The normalized spacial score (nSPS) is 17.5. The van der Waals surface area contributed by atoms with E-state index in [1.807, 2.05) is 0 Å². The third-order valence-corrected chi connectivity index (χ3v) is 4.03. The molecule has 0 spiro atoms. The van der Waals surface area contributed by atoms with Crippen molar-refractivity contribution < 1.29 is 9.59 Å². The third kappa shape index (κ3) is 3.33. The first-order valence-corrected chi connectivity index (χ1v) is 7.88. The molecule has 0 bridgehead atoms. The van der Waals surface area contributed by atoms with Crippen LogP contribution in [0.15, 0.2) is 40.9 Å². The minimum Gasteiger partial charge on any atom is -0.325 e. The van der Waals surface area contributed by atoms with Crippen molar-refractivity contribution in [2.45, 2.75) is 13.0 Å². The van der Waals surface area contributed by atoms with Crippen LogP contribution in [0.4, 0.5) is 10.5 Å². The van der Waals surface area contributed by atoms with Crippen molar-refractivity contribution in [1.82, 2.24) is 20.2 Å². The number of nitrogens with one attached hydrogen (secondary N) is 3. The highest BCUT2D eigenvalue weighted by Gasteiger charge is 2.32. The molecule has 1 atom stereocenters. The number of anilines is 1. The van der Waals surface area contributed by atoms with Gasteiger partial charge in [-0.15, -0.1) is 5.10 Å². The van der Waals surface area contributed by atoms with E-state index in [4.69, 9.17) is 11.6 Å². The lowest BCUT2D eigenvalue weighted by molar-refractivity contribution is -0.113. The molecule has 118 valence electrons. The van der Waals surface area contributed by atoms with Gasteiger partial charge in [0.2, 0.25) is 0 Å². The van der Waals surface area contributed by atoms with Crippen LogP contribution in [0.1, 0.15) is 18.7 Å². The summed E-state index contributed by atoms with van der Waals surface area (Å²) in [7, 11) is 0. The Morgan fingerprint density at radius 1 is 1.43 bits per heavy atom. The first-order chi connectivity index (χ1) is 11.0. The summed E-state index contributed by atoms with van der Waals surface area (Å²) in [4.78, 5) is 24.4. The Balaban J connectivity index is 1.92. The molecule has 1 aliphatic heterocycles. The van der Waals surface area contributed by atoms with Gasteiger partial charge in [0.15, 0.2) is 0 Å². The molecule has 0 saturated carbocycles. The summed E-state index contributed by atoms with van der Waals surface area (Å²) < 4.78 is 3.79. The molecule has 3 amide bonds. The van der Waals surface area contributed by atoms with Crippen molar-refractivity contribution in [3.8, 4) is 0 Å². The summed E-state index contributed by atoms with van der Waals surface area (Å²) in [5, 5.41) is 14.2. The molecule has 3 rings (SSSR count). The van der Waals surface area contributed by atoms with Gasteiger partial charge in [-0.1, -0.05) is 22.2 Å². The number of rotatable bonds is 3. The number of amides is 3. The van der Waals surface area contributed by atoms with Gasteiger partial charge in [0.05, 0.1) is 5.57 Å². The van der Waals surface area contributed by atoms with Gasteiger partial charge in [-0.25, -0.2) is 4.79 Å². The van der Waals surface area contributed by atoms with Gasteiger partial charge in [0.25, 0.3) is 5.91 Å². The molecule has 23 heavy (non-hydrogen) atoms. The zero-order chi connectivity index (χ0) is 16.4. The predicted molar refractivity (Wildman–Crippen MR) is 87.1 cm³/mol. The Bertz CT molecular complexity index is 790. The van der Waals surface area contributed by atoms with E-state index in [-0.39, 0.29) is 11.9 Å². The Kier molecular flexibility index (Phi) is 4.26. The standard InChI is InChI=1S/C14H12ClN5O2S/c1-7-11(13(21)17-9-4-2-3-8(15)5-9)12(18-14(22)16-7)10-6-23-20-19-10/h2-6,12H,1H3,(H,17,21)(H2,16,18,22). The maximum absolute atomic E-state index is 12.7. The van der Waals surface area contributed by atoms with Crippen molar-refractivity contribution >= 4 is 40.8 Å². The largest absolute Gasteiger partial charge is 0.325 e. The van der Waals surface area contributed by atoms with Crippen molar-refractivity contribution in [2.24, 2.45) is 0 Å². The van der Waals surface area contributed by atoms with E-state index in [0.29, 0.717) is 27.7 Å². The summed E-state index contributed by atoms with van der Waals surface area (Å²) >= 11 is 7.07. The summed E-state index contributed by atoms with van der Waals surface area (Å²) in [6.07, 6.45) is 0. The van der Waals surface area contributed by atoms with Crippen molar-refractivity contribution in [3.63, 3.8) is 0 Å². The second kappa shape index (κ2) is 6.35. The van der Waals surface area contributed by atoms with Crippen LogP contribution in [-0.4, -0.2) is 21.5 Å². The Morgan fingerprint density at radius 3 is 2.96 bits per heavy atom. The molecule has 1 aromatic heterocycles. The zero-order valence-electron chi connectivity index (χ0n) is 12.0. The quantitative estimate of drug-likeness (QED) is 0.793. The molecular weight excluding hydrogens is 338 g/mol. The van der Waals surface area contributed by atoms with E-state index in [0.717, 1.165) is 11.5 Å². The van der Waals surface area contributed by atoms with E-state index in [9.17, 15) is 9.59 Å². The number of hydrogen-bond acceptors (Lipinski definition) is 5. The van der Waals surface area contributed by atoms with Gasteiger partial charge in [0, 0.05) is 21.8 Å². The summed E-state index contributed by atoms with van der Waals surface area (Å²) in [6, 6.07) is 5.79. The van der Waals surface area contributed by atoms with Crippen molar-refractivity contribution in [1.29, 1.82) is 0 Å². The van der Waals surface area contributed by atoms with Gasteiger partial charge in [-0.05, 0) is 36.7 Å².